The highest BCUT2D eigenvalue weighted by atomic mass is 32.2. The standard InChI is InChI=1S/C36H41N3O2S/c1-42-35-20-12-11-19-34(35)37-32-21-23-38(24-22-32)36(40)41-28-33(25-29-13-5-2-6-14-29)39(26-30-15-7-3-8-16-30)27-31-17-9-4-10-18-31/h2-20,32-33,37H,21-28H2,1H3. The van der Waals surface area contributed by atoms with Crippen LogP contribution in [0.5, 0.6) is 0 Å². The number of ether oxygens (including phenoxy) is 1. The van der Waals surface area contributed by atoms with Crippen LogP contribution in [0.25, 0.3) is 0 Å². The summed E-state index contributed by atoms with van der Waals surface area (Å²) in [5.74, 6) is 0. The Morgan fingerprint density at radius 3 is 1.90 bits per heavy atom. The van der Waals surface area contributed by atoms with E-state index in [9.17, 15) is 4.79 Å². The van der Waals surface area contributed by atoms with Crippen LogP contribution in [0.3, 0.4) is 0 Å². The van der Waals surface area contributed by atoms with E-state index in [1.165, 1.54) is 27.3 Å². The summed E-state index contributed by atoms with van der Waals surface area (Å²) >= 11 is 1.75. The maximum atomic E-state index is 13.3. The topological polar surface area (TPSA) is 44.8 Å². The number of thioether (sulfide) groups is 1. The van der Waals surface area contributed by atoms with Crippen molar-refractivity contribution in [3.63, 3.8) is 0 Å². The molecule has 0 spiro atoms. The lowest BCUT2D eigenvalue weighted by Gasteiger charge is -2.35. The molecule has 0 aliphatic carbocycles. The smallest absolute Gasteiger partial charge is 0.409 e. The number of benzene rings is 4. The average molecular weight is 580 g/mol. The summed E-state index contributed by atoms with van der Waals surface area (Å²) in [5, 5.41) is 3.69. The first-order valence-electron chi connectivity index (χ1n) is 14.8. The normalized spacial score (nSPS) is 14.5. The van der Waals surface area contributed by atoms with E-state index in [2.05, 4.69) is 126 Å². The molecule has 1 fully saturated rings. The molecular weight excluding hydrogens is 538 g/mol. The molecule has 0 saturated carbocycles. The minimum absolute atomic E-state index is 0.0269. The van der Waals surface area contributed by atoms with Gasteiger partial charge in [-0.25, -0.2) is 4.79 Å². The van der Waals surface area contributed by atoms with Gasteiger partial charge in [0.15, 0.2) is 0 Å². The van der Waals surface area contributed by atoms with E-state index in [-0.39, 0.29) is 12.1 Å². The number of para-hydroxylation sites is 1. The second kappa shape index (κ2) is 15.5. The third-order valence-corrected chi connectivity index (χ3v) is 8.70. The van der Waals surface area contributed by atoms with E-state index in [1.54, 1.807) is 11.8 Å². The molecule has 218 valence electrons. The van der Waals surface area contributed by atoms with Crippen LogP contribution in [-0.4, -0.2) is 53.9 Å². The molecule has 1 amide bonds. The van der Waals surface area contributed by atoms with E-state index >= 15 is 0 Å². The van der Waals surface area contributed by atoms with Gasteiger partial charge in [-0.15, -0.1) is 11.8 Å². The van der Waals surface area contributed by atoms with Crippen molar-refractivity contribution in [2.24, 2.45) is 0 Å². The molecule has 0 bridgehead atoms. The maximum Gasteiger partial charge on any atom is 0.409 e. The number of piperidine rings is 1. The van der Waals surface area contributed by atoms with E-state index < -0.39 is 0 Å². The summed E-state index contributed by atoms with van der Waals surface area (Å²) in [6.07, 6.45) is 4.49. The first-order valence-corrected chi connectivity index (χ1v) is 16.1. The van der Waals surface area contributed by atoms with Crippen molar-refractivity contribution in [1.82, 2.24) is 9.80 Å². The highest BCUT2D eigenvalue weighted by Crippen LogP contribution is 2.27. The Morgan fingerprint density at radius 2 is 1.33 bits per heavy atom. The number of nitrogens with zero attached hydrogens (tertiary/aromatic N) is 2. The Hall–Kier alpha value is -3.74. The molecule has 4 aromatic rings. The van der Waals surface area contributed by atoms with Crippen LogP contribution < -0.4 is 5.32 Å². The number of carbonyl (C=O) groups excluding carboxylic acids is 1. The van der Waals surface area contributed by atoms with Crippen molar-refractivity contribution in [1.29, 1.82) is 0 Å². The van der Waals surface area contributed by atoms with Crippen molar-refractivity contribution in [2.45, 2.75) is 49.3 Å². The molecule has 1 atom stereocenters. The van der Waals surface area contributed by atoms with Gasteiger partial charge in [0.2, 0.25) is 0 Å². The lowest BCUT2D eigenvalue weighted by molar-refractivity contribution is 0.0543. The zero-order valence-electron chi connectivity index (χ0n) is 24.4. The number of carbonyl (C=O) groups is 1. The second-order valence-corrected chi connectivity index (χ2v) is 11.8. The molecule has 42 heavy (non-hydrogen) atoms. The van der Waals surface area contributed by atoms with Gasteiger partial charge in [-0.3, -0.25) is 4.90 Å². The van der Waals surface area contributed by atoms with Crippen LogP contribution in [-0.2, 0) is 24.2 Å². The number of rotatable bonds is 12. The highest BCUT2D eigenvalue weighted by molar-refractivity contribution is 7.98. The molecule has 1 aliphatic heterocycles. The fourth-order valence-corrected chi connectivity index (χ4v) is 6.14. The molecule has 1 N–H and O–H groups in total. The van der Waals surface area contributed by atoms with Crippen LogP contribution in [0, 0.1) is 0 Å². The highest BCUT2D eigenvalue weighted by Gasteiger charge is 2.27. The fourth-order valence-electron chi connectivity index (χ4n) is 5.58. The predicted octanol–water partition coefficient (Wildman–Crippen LogP) is 7.74. The molecule has 0 radical (unpaired) electrons. The summed E-state index contributed by atoms with van der Waals surface area (Å²) in [5.41, 5.74) is 4.90. The SMILES string of the molecule is CSc1ccccc1NC1CCN(C(=O)OCC(Cc2ccccc2)N(Cc2ccccc2)Cc2ccccc2)CC1. The zero-order valence-corrected chi connectivity index (χ0v) is 25.2. The van der Waals surface area contributed by atoms with Crippen molar-refractivity contribution in [3.8, 4) is 0 Å². The Morgan fingerprint density at radius 1 is 0.810 bits per heavy atom. The molecule has 1 saturated heterocycles. The average Bonchev–Trinajstić information content (AvgIpc) is 3.04. The van der Waals surface area contributed by atoms with Crippen LogP contribution >= 0.6 is 11.8 Å². The third kappa shape index (κ3) is 8.63. The van der Waals surface area contributed by atoms with Crippen LogP contribution in [0.15, 0.2) is 120 Å². The molecular formula is C36H41N3O2S. The number of likely N-dealkylation sites (tertiary alicyclic amines) is 1. The molecule has 1 heterocycles. The summed E-state index contributed by atoms with van der Waals surface area (Å²) in [6, 6.07) is 40.4. The van der Waals surface area contributed by atoms with Crippen LogP contribution in [0.1, 0.15) is 29.5 Å². The van der Waals surface area contributed by atoms with Crippen molar-refractivity contribution >= 4 is 23.5 Å². The Balaban J connectivity index is 1.24. The number of hydrogen-bond donors (Lipinski definition) is 1. The summed E-state index contributed by atoms with van der Waals surface area (Å²) in [7, 11) is 0. The second-order valence-electron chi connectivity index (χ2n) is 10.9. The number of anilines is 1. The minimum Gasteiger partial charge on any atom is -0.448 e. The Bertz CT molecular complexity index is 1320. The van der Waals surface area contributed by atoms with Gasteiger partial charge in [0.05, 0.1) is 0 Å². The maximum absolute atomic E-state index is 13.3. The Labute approximate surface area is 254 Å². The molecule has 4 aromatic carbocycles. The van der Waals surface area contributed by atoms with Crippen molar-refractivity contribution < 1.29 is 9.53 Å². The van der Waals surface area contributed by atoms with Crippen molar-refractivity contribution in [3.05, 3.63) is 132 Å². The largest absolute Gasteiger partial charge is 0.448 e. The predicted molar refractivity (Wildman–Crippen MR) is 174 cm³/mol. The van der Waals surface area contributed by atoms with Gasteiger partial charge in [-0.1, -0.05) is 103 Å². The van der Waals surface area contributed by atoms with Crippen molar-refractivity contribution in [2.75, 3.05) is 31.3 Å². The summed E-state index contributed by atoms with van der Waals surface area (Å²) in [4.78, 5) is 18.9. The first kappa shape index (κ1) is 29.7. The fraction of sp³-hybridized carbons (Fsp3) is 0.306. The molecule has 0 aromatic heterocycles. The van der Waals surface area contributed by atoms with Gasteiger partial charge < -0.3 is 15.0 Å². The van der Waals surface area contributed by atoms with Gasteiger partial charge in [0, 0.05) is 48.8 Å². The monoisotopic (exact) mass is 579 g/mol. The lowest BCUT2D eigenvalue weighted by atomic mass is 10.0. The van der Waals surface area contributed by atoms with E-state index in [0.29, 0.717) is 25.7 Å². The van der Waals surface area contributed by atoms with Gasteiger partial charge in [0.25, 0.3) is 0 Å². The van der Waals surface area contributed by atoms with E-state index in [4.69, 9.17) is 4.74 Å². The van der Waals surface area contributed by atoms with Crippen LogP contribution in [0.4, 0.5) is 10.5 Å². The zero-order chi connectivity index (χ0) is 29.0. The summed E-state index contributed by atoms with van der Waals surface area (Å²) < 4.78 is 6.08. The van der Waals surface area contributed by atoms with Gasteiger partial charge in [-0.05, 0) is 54.3 Å². The summed E-state index contributed by atoms with van der Waals surface area (Å²) in [6.45, 7) is 3.28. The van der Waals surface area contributed by atoms with Gasteiger partial charge in [0.1, 0.15) is 6.61 Å². The van der Waals surface area contributed by atoms with Gasteiger partial charge >= 0.3 is 6.09 Å². The minimum atomic E-state index is -0.213. The van der Waals surface area contributed by atoms with Crippen LogP contribution in [0.2, 0.25) is 0 Å². The number of nitrogens with one attached hydrogen (secondary N) is 1. The lowest BCUT2D eigenvalue weighted by Crippen LogP contribution is -2.45. The third-order valence-electron chi connectivity index (χ3n) is 7.91. The molecule has 5 nitrogen and oxygen atoms in total. The van der Waals surface area contributed by atoms with Gasteiger partial charge in [-0.2, -0.15) is 0 Å². The molecule has 1 aliphatic rings. The molecule has 6 heteroatoms. The molecule has 5 rings (SSSR count). The van der Waals surface area contributed by atoms with E-state index in [1.807, 2.05) is 11.0 Å². The molecule has 1 unspecified atom stereocenters. The first-order chi connectivity index (χ1) is 20.7. The number of amides is 1. The Kier molecular flexibility index (Phi) is 11.0. The number of hydrogen-bond acceptors (Lipinski definition) is 5. The van der Waals surface area contributed by atoms with E-state index in [0.717, 1.165) is 32.4 Å². The quantitative estimate of drug-likeness (QED) is 0.174.